The van der Waals surface area contributed by atoms with E-state index in [-0.39, 0.29) is 12.2 Å². The van der Waals surface area contributed by atoms with Crippen molar-refractivity contribution in [2.75, 3.05) is 5.32 Å². The van der Waals surface area contributed by atoms with Gasteiger partial charge in [-0.15, -0.1) is 0 Å². The number of hydrogen-bond acceptors (Lipinski definition) is 4. The summed E-state index contributed by atoms with van der Waals surface area (Å²) in [5, 5.41) is 21.3. The Balaban J connectivity index is 3.55. The third-order valence-electron chi connectivity index (χ3n) is 2.44. The Morgan fingerprint density at radius 3 is 2.20 bits per heavy atom. The van der Waals surface area contributed by atoms with E-state index >= 15 is 0 Å². The maximum Gasteiger partial charge on any atom is 0.337 e. The molecule has 6 nitrogen and oxygen atoms in total. The number of carbonyl (C=O) groups excluding carboxylic acids is 1. The summed E-state index contributed by atoms with van der Waals surface area (Å²) in [7, 11) is 0. The molecule has 1 atom stereocenters. The summed E-state index contributed by atoms with van der Waals surface area (Å²) in [6.45, 7) is 1.22. The van der Waals surface area contributed by atoms with E-state index in [0.29, 0.717) is 22.0 Å². The van der Waals surface area contributed by atoms with Crippen LogP contribution in [0.5, 0.6) is 0 Å². The Labute approximate surface area is 156 Å². The maximum atomic E-state index is 11.7. The van der Waals surface area contributed by atoms with Crippen LogP contribution < -0.4 is 11.1 Å². The Morgan fingerprint density at radius 2 is 1.80 bits per heavy atom. The van der Waals surface area contributed by atoms with Crippen LogP contribution in [0.4, 0.5) is 5.69 Å². The number of carboxylic acids is 1. The number of benzene rings is 1. The van der Waals surface area contributed by atoms with Crippen molar-refractivity contribution in [1.82, 2.24) is 0 Å². The van der Waals surface area contributed by atoms with E-state index in [4.69, 9.17) is 5.73 Å². The molecular formula is C11H11I3N2O4. The van der Waals surface area contributed by atoms with Crippen molar-refractivity contribution in [3.8, 4) is 0 Å². The molecule has 1 aromatic rings. The van der Waals surface area contributed by atoms with Crippen molar-refractivity contribution in [2.24, 2.45) is 5.73 Å². The standard InChI is InChI=1S/C11H11I3N2O4/c1-3(15)10(18)16-9-7(13)4(2-17)6(12)5(8(9)14)11(19)20/h3,17H,2,15H2,1H3,(H,16,18)(H,19,20). The summed E-state index contributed by atoms with van der Waals surface area (Å²) in [6.07, 6.45) is 0. The van der Waals surface area contributed by atoms with Gasteiger partial charge in [0.05, 0.1) is 27.5 Å². The van der Waals surface area contributed by atoms with Gasteiger partial charge in [-0.25, -0.2) is 4.79 Å². The number of halogens is 3. The van der Waals surface area contributed by atoms with Gasteiger partial charge in [-0.3, -0.25) is 4.79 Å². The molecule has 5 N–H and O–H groups in total. The van der Waals surface area contributed by atoms with Gasteiger partial charge in [0.25, 0.3) is 0 Å². The molecule has 0 aliphatic rings. The van der Waals surface area contributed by atoms with E-state index in [2.05, 4.69) is 5.32 Å². The molecule has 20 heavy (non-hydrogen) atoms. The second kappa shape index (κ2) is 7.51. The number of nitrogens with one attached hydrogen (secondary N) is 1. The minimum absolute atomic E-state index is 0.0654. The number of nitrogens with two attached hydrogens (primary N) is 1. The van der Waals surface area contributed by atoms with E-state index in [1.165, 1.54) is 6.92 Å². The van der Waals surface area contributed by atoms with Gasteiger partial charge in [0.1, 0.15) is 0 Å². The van der Waals surface area contributed by atoms with Crippen molar-refractivity contribution < 1.29 is 19.8 Å². The van der Waals surface area contributed by atoms with Gasteiger partial charge in [0.2, 0.25) is 5.91 Å². The maximum absolute atomic E-state index is 11.7. The fourth-order valence-electron chi connectivity index (χ4n) is 1.39. The molecule has 0 aliphatic carbocycles. The Kier molecular flexibility index (Phi) is 6.88. The van der Waals surface area contributed by atoms with Crippen LogP contribution in [0.1, 0.15) is 22.8 Å². The van der Waals surface area contributed by atoms with Gasteiger partial charge >= 0.3 is 5.97 Å². The monoisotopic (exact) mass is 616 g/mol. The van der Waals surface area contributed by atoms with Crippen LogP contribution in [-0.2, 0) is 11.4 Å². The number of anilines is 1. The van der Waals surface area contributed by atoms with Crippen LogP contribution in [0.2, 0.25) is 0 Å². The lowest BCUT2D eigenvalue weighted by Crippen LogP contribution is -2.33. The van der Waals surface area contributed by atoms with E-state index in [1.807, 2.05) is 67.8 Å². The Morgan fingerprint density at radius 1 is 1.25 bits per heavy atom. The highest BCUT2D eigenvalue weighted by molar-refractivity contribution is 14.1. The van der Waals surface area contributed by atoms with Crippen LogP contribution in [0, 0.1) is 10.7 Å². The van der Waals surface area contributed by atoms with Crippen LogP contribution in [-0.4, -0.2) is 28.1 Å². The van der Waals surface area contributed by atoms with Crippen LogP contribution in [0.15, 0.2) is 0 Å². The molecule has 110 valence electrons. The minimum Gasteiger partial charge on any atom is -0.478 e. The minimum atomic E-state index is -1.11. The number of aliphatic hydroxyl groups excluding tert-OH is 1. The molecule has 0 fully saturated rings. The molecule has 0 saturated heterocycles. The van der Waals surface area contributed by atoms with Gasteiger partial charge in [-0.2, -0.15) is 0 Å². The van der Waals surface area contributed by atoms with E-state index in [0.717, 1.165) is 0 Å². The summed E-state index contributed by atoms with van der Waals surface area (Å²) in [5.74, 6) is -1.52. The van der Waals surface area contributed by atoms with E-state index in [9.17, 15) is 19.8 Å². The first-order chi connectivity index (χ1) is 9.22. The number of aliphatic hydroxyl groups is 1. The number of rotatable bonds is 4. The molecule has 1 unspecified atom stereocenters. The Hall–Kier alpha value is 0.270. The molecule has 0 bridgehead atoms. The van der Waals surface area contributed by atoms with E-state index in [1.54, 1.807) is 0 Å². The summed E-state index contributed by atoms with van der Waals surface area (Å²) < 4.78 is 1.48. The third-order valence-corrected chi connectivity index (χ3v) is 5.90. The number of aromatic carboxylic acids is 1. The van der Waals surface area contributed by atoms with Crippen molar-refractivity contribution in [1.29, 1.82) is 0 Å². The van der Waals surface area contributed by atoms with Gasteiger partial charge < -0.3 is 21.3 Å². The molecule has 1 amide bonds. The smallest absolute Gasteiger partial charge is 0.337 e. The highest BCUT2D eigenvalue weighted by Crippen LogP contribution is 2.35. The summed E-state index contributed by atoms with van der Waals surface area (Å²) in [6, 6.07) is -0.716. The molecule has 0 aromatic heterocycles. The van der Waals surface area contributed by atoms with Crippen molar-refractivity contribution in [3.05, 3.63) is 21.8 Å². The van der Waals surface area contributed by atoms with Crippen LogP contribution >= 0.6 is 67.8 Å². The molecule has 1 aromatic carbocycles. The van der Waals surface area contributed by atoms with Crippen molar-refractivity contribution in [3.63, 3.8) is 0 Å². The lowest BCUT2D eigenvalue weighted by molar-refractivity contribution is -0.117. The normalized spacial score (nSPS) is 12.1. The molecule has 9 heteroatoms. The Bertz CT molecular complexity index is 576. The molecule has 0 spiro atoms. The summed E-state index contributed by atoms with van der Waals surface area (Å²) in [4.78, 5) is 23.1. The average Bonchev–Trinajstić information content (AvgIpc) is 2.34. The zero-order valence-corrected chi connectivity index (χ0v) is 16.7. The van der Waals surface area contributed by atoms with Gasteiger partial charge in [0.15, 0.2) is 0 Å². The van der Waals surface area contributed by atoms with Gasteiger partial charge in [-0.1, -0.05) is 0 Å². The summed E-state index contributed by atoms with van der Waals surface area (Å²) >= 11 is 5.72. The molecule has 0 heterocycles. The van der Waals surface area contributed by atoms with Crippen molar-refractivity contribution in [2.45, 2.75) is 19.6 Å². The average molecular weight is 616 g/mol. The first-order valence-electron chi connectivity index (χ1n) is 5.32. The highest BCUT2D eigenvalue weighted by Gasteiger charge is 2.25. The topological polar surface area (TPSA) is 113 Å². The molecular weight excluding hydrogens is 605 g/mol. The number of carbonyl (C=O) groups is 2. The lowest BCUT2D eigenvalue weighted by atomic mass is 10.1. The third kappa shape index (κ3) is 3.72. The number of carboxylic acid groups (broad SMARTS) is 1. The number of hydrogen-bond donors (Lipinski definition) is 4. The van der Waals surface area contributed by atoms with Crippen LogP contribution in [0.25, 0.3) is 0 Å². The second-order valence-electron chi connectivity index (χ2n) is 3.91. The predicted molar refractivity (Wildman–Crippen MR) is 99.8 cm³/mol. The zero-order chi connectivity index (χ0) is 15.6. The molecule has 0 radical (unpaired) electrons. The van der Waals surface area contributed by atoms with E-state index < -0.39 is 17.9 Å². The zero-order valence-electron chi connectivity index (χ0n) is 10.2. The molecule has 1 rings (SSSR count). The van der Waals surface area contributed by atoms with Crippen LogP contribution in [0.3, 0.4) is 0 Å². The quantitative estimate of drug-likeness (QED) is 0.387. The number of amides is 1. The first kappa shape index (κ1) is 18.3. The predicted octanol–water partition coefficient (Wildman–Crippen LogP) is 1.98. The highest BCUT2D eigenvalue weighted by atomic mass is 127. The summed E-state index contributed by atoms with van der Waals surface area (Å²) in [5.41, 5.74) is 6.41. The molecule has 0 saturated carbocycles. The fraction of sp³-hybridized carbons (Fsp3) is 0.273. The lowest BCUT2D eigenvalue weighted by Gasteiger charge is -2.18. The second-order valence-corrected chi connectivity index (χ2v) is 7.15. The van der Waals surface area contributed by atoms with Crippen molar-refractivity contribution >= 4 is 85.3 Å². The first-order valence-corrected chi connectivity index (χ1v) is 8.55. The fourth-order valence-corrected chi connectivity index (χ4v) is 5.63. The van der Waals surface area contributed by atoms with Gasteiger partial charge in [-0.05, 0) is 74.7 Å². The largest absolute Gasteiger partial charge is 0.478 e. The molecule has 0 aliphatic heterocycles. The SMILES string of the molecule is CC(N)C(=O)Nc1c(I)c(CO)c(I)c(C(=O)O)c1I. The van der Waals surface area contributed by atoms with Gasteiger partial charge in [0, 0.05) is 12.7 Å².